The number of hydrogen-bond donors (Lipinski definition) is 1. The van der Waals surface area contributed by atoms with Crippen molar-refractivity contribution in [1.82, 2.24) is 14.7 Å². The average molecular weight is 400 g/mol. The number of ether oxygens (including phenoxy) is 2. The Bertz CT molecular complexity index is 547. The second-order valence-corrected chi connectivity index (χ2v) is 9.79. The lowest BCUT2D eigenvalue weighted by atomic mass is 10.1. The van der Waals surface area contributed by atoms with Crippen molar-refractivity contribution >= 4 is 12.2 Å². The summed E-state index contributed by atoms with van der Waals surface area (Å²) in [7, 11) is 0. The van der Waals surface area contributed by atoms with Gasteiger partial charge in [0.2, 0.25) is 0 Å². The molecule has 162 valence electrons. The van der Waals surface area contributed by atoms with Crippen LogP contribution in [0.3, 0.4) is 0 Å². The number of carbonyl (C=O) groups excluding carboxylic acids is 2. The van der Waals surface area contributed by atoms with Crippen LogP contribution in [-0.4, -0.2) is 94.6 Å². The van der Waals surface area contributed by atoms with Gasteiger partial charge >= 0.3 is 12.2 Å². The van der Waals surface area contributed by atoms with Crippen LogP contribution in [0.2, 0.25) is 0 Å². The highest BCUT2D eigenvalue weighted by Crippen LogP contribution is 2.20. The fraction of sp³-hybridized carbons (Fsp3) is 0.900. The van der Waals surface area contributed by atoms with Crippen LogP contribution in [0, 0.1) is 0 Å². The van der Waals surface area contributed by atoms with E-state index in [1.165, 1.54) is 0 Å². The maximum atomic E-state index is 12.7. The van der Waals surface area contributed by atoms with E-state index in [-0.39, 0.29) is 24.3 Å². The van der Waals surface area contributed by atoms with Crippen LogP contribution >= 0.6 is 0 Å². The smallest absolute Gasteiger partial charge is 0.410 e. The Hall–Kier alpha value is -1.54. The first kappa shape index (κ1) is 22.7. The van der Waals surface area contributed by atoms with Gasteiger partial charge in [-0.2, -0.15) is 0 Å². The molecule has 0 aromatic rings. The first-order valence-electron chi connectivity index (χ1n) is 10.2. The van der Waals surface area contributed by atoms with E-state index >= 15 is 0 Å². The fourth-order valence-corrected chi connectivity index (χ4v) is 3.46. The lowest BCUT2D eigenvalue weighted by molar-refractivity contribution is -0.0225. The number of likely N-dealkylation sites (tertiary alicyclic amines) is 1. The van der Waals surface area contributed by atoms with Crippen molar-refractivity contribution in [1.29, 1.82) is 0 Å². The van der Waals surface area contributed by atoms with Gasteiger partial charge in [0.15, 0.2) is 0 Å². The van der Waals surface area contributed by atoms with Gasteiger partial charge in [0, 0.05) is 39.3 Å². The van der Waals surface area contributed by atoms with Crippen molar-refractivity contribution < 1.29 is 24.2 Å². The molecule has 0 radical (unpaired) electrons. The van der Waals surface area contributed by atoms with Crippen molar-refractivity contribution in [3.05, 3.63) is 0 Å². The summed E-state index contributed by atoms with van der Waals surface area (Å²) in [6.45, 7) is 14.5. The van der Waals surface area contributed by atoms with E-state index < -0.39 is 11.2 Å². The van der Waals surface area contributed by atoms with Crippen LogP contribution < -0.4 is 0 Å². The van der Waals surface area contributed by atoms with Crippen LogP contribution in [0.15, 0.2) is 0 Å². The zero-order valence-corrected chi connectivity index (χ0v) is 18.2. The Morgan fingerprint density at radius 2 is 1.43 bits per heavy atom. The van der Waals surface area contributed by atoms with E-state index in [2.05, 4.69) is 4.90 Å². The Morgan fingerprint density at radius 1 is 0.893 bits per heavy atom. The molecule has 2 fully saturated rings. The molecule has 1 N–H and O–H groups in total. The minimum atomic E-state index is -0.570. The number of amides is 2. The van der Waals surface area contributed by atoms with E-state index in [9.17, 15) is 14.7 Å². The maximum Gasteiger partial charge on any atom is 0.410 e. The van der Waals surface area contributed by atoms with Gasteiger partial charge in [0.25, 0.3) is 0 Å². The third-order valence-corrected chi connectivity index (χ3v) is 4.79. The summed E-state index contributed by atoms with van der Waals surface area (Å²) in [5, 5.41) is 9.74. The molecule has 0 aliphatic carbocycles. The molecule has 0 spiro atoms. The number of hydrogen-bond acceptors (Lipinski definition) is 6. The number of aliphatic hydroxyl groups is 1. The maximum absolute atomic E-state index is 12.7. The minimum Gasteiger partial charge on any atom is -0.444 e. The van der Waals surface area contributed by atoms with Crippen LogP contribution in [0.5, 0.6) is 0 Å². The molecular weight excluding hydrogens is 362 g/mol. The van der Waals surface area contributed by atoms with Gasteiger partial charge in [-0.25, -0.2) is 9.59 Å². The van der Waals surface area contributed by atoms with Gasteiger partial charge in [0.1, 0.15) is 11.2 Å². The molecule has 2 amide bonds. The molecule has 2 heterocycles. The Labute approximate surface area is 168 Å². The quantitative estimate of drug-likeness (QED) is 0.767. The highest BCUT2D eigenvalue weighted by molar-refractivity contribution is 5.71. The second kappa shape index (κ2) is 8.86. The average Bonchev–Trinajstić information content (AvgIpc) is 2.53. The molecule has 1 atom stereocenters. The summed E-state index contributed by atoms with van der Waals surface area (Å²) in [5.74, 6) is 0. The zero-order chi connectivity index (χ0) is 21.1. The number of piperazine rings is 1. The van der Waals surface area contributed by atoms with Crippen LogP contribution in [-0.2, 0) is 9.47 Å². The topological polar surface area (TPSA) is 82.5 Å². The normalized spacial score (nSPS) is 22.9. The van der Waals surface area contributed by atoms with E-state index in [4.69, 9.17) is 9.47 Å². The molecule has 0 aromatic heterocycles. The van der Waals surface area contributed by atoms with Crippen molar-refractivity contribution in [3.8, 4) is 0 Å². The molecule has 2 aliphatic heterocycles. The third kappa shape index (κ3) is 7.13. The van der Waals surface area contributed by atoms with Gasteiger partial charge in [-0.05, 0) is 54.4 Å². The fourth-order valence-electron chi connectivity index (χ4n) is 3.46. The van der Waals surface area contributed by atoms with Crippen molar-refractivity contribution in [2.24, 2.45) is 0 Å². The standard InChI is InChI=1S/C20H37N3O5/c1-19(2,3)27-17(25)22-11-12-23(18(26)28-20(4,5)6)15(14-22)13-21-9-7-16(24)8-10-21/h15-16,24H,7-14H2,1-6H3. The molecule has 0 saturated carbocycles. The van der Waals surface area contributed by atoms with Crippen molar-refractivity contribution in [3.63, 3.8) is 0 Å². The van der Waals surface area contributed by atoms with E-state index in [0.29, 0.717) is 26.2 Å². The summed E-state index contributed by atoms with van der Waals surface area (Å²) >= 11 is 0. The van der Waals surface area contributed by atoms with Gasteiger partial charge in [0.05, 0.1) is 12.1 Å². The monoisotopic (exact) mass is 399 g/mol. The Kier molecular flexibility index (Phi) is 7.20. The molecule has 0 aromatic carbocycles. The lowest BCUT2D eigenvalue weighted by Gasteiger charge is -2.44. The number of carbonyl (C=O) groups is 2. The molecule has 2 aliphatic rings. The molecular formula is C20H37N3O5. The molecule has 1 unspecified atom stereocenters. The van der Waals surface area contributed by atoms with Gasteiger partial charge in [-0.1, -0.05) is 0 Å². The summed E-state index contributed by atoms with van der Waals surface area (Å²) in [5.41, 5.74) is -1.13. The Morgan fingerprint density at radius 3 is 1.96 bits per heavy atom. The second-order valence-electron chi connectivity index (χ2n) is 9.79. The van der Waals surface area contributed by atoms with Gasteiger partial charge in [-0.3, -0.25) is 0 Å². The van der Waals surface area contributed by atoms with E-state index in [1.54, 1.807) is 9.80 Å². The zero-order valence-electron chi connectivity index (χ0n) is 18.2. The lowest BCUT2D eigenvalue weighted by Crippen LogP contribution is -2.61. The molecule has 28 heavy (non-hydrogen) atoms. The van der Waals surface area contributed by atoms with Gasteiger partial charge in [-0.15, -0.1) is 0 Å². The largest absolute Gasteiger partial charge is 0.444 e. The minimum absolute atomic E-state index is 0.175. The number of rotatable bonds is 2. The van der Waals surface area contributed by atoms with E-state index in [1.807, 2.05) is 41.5 Å². The first-order valence-corrected chi connectivity index (χ1v) is 10.2. The summed E-state index contributed by atoms with van der Waals surface area (Å²) < 4.78 is 11.1. The number of piperidine rings is 1. The van der Waals surface area contributed by atoms with Crippen molar-refractivity contribution in [2.75, 3.05) is 39.3 Å². The molecule has 2 rings (SSSR count). The number of nitrogens with zero attached hydrogens (tertiary/aromatic N) is 3. The van der Waals surface area contributed by atoms with Crippen LogP contribution in [0.25, 0.3) is 0 Å². The molecule has 2 saturated heterocycles. The third-order valence-electron chi connectivity index (χ3n) is 4.79. The van der Waals surface area contributed by atoms with E-state index in [0.717, 1.165) is 25.9 Å². The summed E-state index contributed by atoms with van der Waals surface area (Å²) in [6, 6.07) is -0.175. The summed E-state index contributed by atoms with van der Waals surface area (Å²) in [6.07, 6.45) is 0.515. The number of aliphatic hydroxyl groups excluding tert-OH is 1. The predicted octanol–water partition coefficient (Wildman–Crippen LogP) is 2.30. The van der Waals surface area contributed by atoms with Crippen LogP contribution in [0.4, 0.5) is 9.59 Å². The predicted molar refractivity (Wildman–Crippen MR) is 106 cm³/mol. The summed E-state index contributed by atoms with van der Waals surface area (Å²) in [4.78, 5) is 30.9. The van der Waals surface area contributed by atoms with Gasteiger partial charge < -0.3 is 29.3 Å². The molecule has 0 bridgehead atoms. The van der Waals surface area contributed by atoms with Crippen LogP contribution in [0.1, 0.15) is 54.4 Å². The molecule has 8 heteroatoms. The first-order chi connectivity index (χ1) is 12.8. The SMILES string of the molecule is CC(C)(C)OC(=O)N1CCN(C(=O)OC(C)(C)C)C(CN2CCC(O)CC2)C1. The van der Waals surface area contributed by atoms with Crippen molar-refractivity contribution in [2.45, 2.75) is 77.7 Å². The Balaban J connectivity index is 2.07. The molecule has 8 nitrogen and oxygen atoms in total. The highest BCUT2D eigenvalue weighted by atomic mass is 16.6. The highest BCUT2D eigenvalue weighted by Gasteiger charge is 2.37.